The number of hydrogen-bond donors (Lipinski definition) is 4. The van der Waals surface area contributed by atoms with E-state index in [0.29, 0.717) is 22.5 Å². The predicted octanol–water partition coefficient (Wildman–Crippen LogP) is 2.16. The molecular formula is C27H27N7O7. The number of nitro benzene ring substituents is 1. The van der Waals surface area contributed by atoms with Crippen LogP contribution < -0.4 is 10.6 Å². The summed E-state index contributed by atoms with van der Waals surface area (Å²) in [6.07, 6.45) is -0.478. The third kappa shape index (κ3) is 5.48. The van der Waals surface area contributed by atoms with Crippen molar-refractivity contribution >= 4 is 34.4 Å². The van der Waals surface area contributed by atoms with Gasteiger partial charge >= 0.3 is 0 Å². The molecule has 5 atom stereocenters. The van der Waals surface area contributed by atoms with Crippen molar-refractivity contribution in [3.05, 3.63) is 88.0 Å². The molecule has 14 nitrogen and oxygen atoms in total. The molecule has 212 valence electrons. The molecule has 3 heterocycles. The molecule has 1 aliphatic rings. The lowest BCUT2D eigenvalue weighted by Gasteiger charge is -2.23. The normalized spacial score (nSPS) is 21.0. The molecule has 2 aromatic carbocycles. The first-order valence-corrected chi connectivity index (χ1v) is 12.7. The highest BCUT2D eigenvalue weighted by molar-refractivity contribution is 5.99. The lowest BCUT2D eigenvalue weighted by Crippen LogP contribution is -2.46. The van der Waals surface area contributed by atoms with Crippen molar-refractivity contribution in [3.63, 3.8) is 0 Å². The van der Waals surface area contributed by atoms with Crippen LogP contribution in [-0.4, -0.2) is 71.2 Å². The Morgan fingerprint density at radius 3 is 2.56 bits per heavy atom. The van der Waals surface area contributed by atoms with Crippen molar-refractivity contribution in [2.75, 3.05) is 11.9 Å². The van der Waals surface area contributed by atoms with Crippen molar-refractivity contribution in [3.8, 4) is 0 Å². The number of nitrogens with zero attached hydrogens (tertiary/aromatic N) is 5. The smallest absolute Gasteiger partial charge is 0.269 e. The number of ketones is 1. The van der Waals surface area contributed by atoms with Gasteiger partial charge in [0.25, 0.3) is 11.6 Å². The van der Waals surface area contributed by atoms with E-state index >= 15 is 0 Å². The van der Waals surface area contributed by atoms with Gasteiger partial charge in [0.2, 0.25) is 0 Å². The summed E-state index contributed by atoms with van der Waals surface area (Å²) in [5.41, 5.74) is 2.08. The number of aliphatic hydroxyl groups excluding tert-OH is 2. The Kier molecular flexibility index (Phi) is 7.70. The van der Waals surface area contributed by atoms with E-state index in [1.54, 1.807) is 30.3 Å². The SMILES string of the molecule is CC(=O)c1cccc(C(=O)N[C@@H]2[C@H](O)[C@@H](CO)O[C@H]2n2cnc3c(N[C@H](C)c4ccc([N+](=O)[O-])cc4)ncnc32)c1. The predicted molar refractivity (Wildman–Crippen MR) is 145 cm³/mol. The first-order chi connectivity index (χ1) is 19.7. The highest BCUT2D eigenvalue weighted by atomic mass is 16.6. The van der Waals surface area contributed by atoms with Crippen LogP contribution in [0.2, 0.25) is 0 Å². The number of imidazole rings is 1. The molecule has 1 amide bonds. The van der Waals surface area contributed by atoms with Crippen LogP contribution in [0, 0.1) is 10.1 Å². The van der Waals surface area contributed by atoms with Gasteiger partial charge < -0.3 is 25.6 Å². The molecule has 0 bridgehead atoms. The minimum absolute atomic E-state index is 0.0164. The standard InChI is InChI=1S/C27H27N7O7/c1-14(16-6-8-19(9-7-16)34(39)40)31-24-22-25(29-12-28-24)33(13-30-22)27-21(23(37)20(11-35)41-27)32-26(38)18-5-3-4-17(10-18)15(2)36/h3-10,12-14,20-21,23,27,35,37H,11H2,1-2H3,(H,32,38)(H,28,29,31)/t14-,20-,21-,23-,27-/m1/s1. The van der Waals surface area contributed by atoms with Crippen LogP contribution in [0.15, 0.2) is 61.2 Å². The Hall–Kier alpha value is -4.79. The van der Waals surface area contributed by atoms with Crippen molar-refractivity contribution in [2.45, 2.75) is 44.4 Å². The number of aliphatic hydroxyl groups is 2. The lowest BCUT2D eigenvalue weighted by molar-refractivity contribution is -0.384. The molecule has 0 radical (unpaired) electrons. The van der Waals surface area contributed by atoms with Crippen molar-refractivity contribution in [1.29, 1.82) is 0 Å². The summed E-state index contributed by atoms with van der Waals surface area (Å²) in [7, 11) is 0. The molecule has 14 heteroatoms. The van der Waals surface area contributed by atoms with E-state index in [-0.39, 0.29) is 23.1 Å². The van der Waals surface area contributed by atoms with Gasteiger partial charge in [-0.3, -0.25) is 24.3 Å². The zero-order valence-corrected chi connectivity index (χ0v) is 22.0. The van der Waals surface area contributed by atoms with Gasteiger partial charge in [0, 0.05) is 23.3 Å². The molecular weight excluding hydrogens is 534 g/mol. The number of ether oxygens (including phenoxy) is 1. The monoisotopic (exact) mass is 561 g/mol. The Labute approximate surface area is 233 Å². The van der Waals surface area contributed by atoms with Gasteiger partial charge in [0.1, 0.15) is 24.6 Å². The van der Waals surface area contributed by atoms with Gasteiger partial charge in [-0.1, -0.05) is 24.3 Å². The second-order valence-electron chi connectivity index (χ2n) is 9.64. The van der Waals surface area contributed by atoms with Gasteiger partial charge in [0.15, 0.2) is 29.0 Å². The maximum Gasteiger partial charge on any atom is 0.269 e. The zero-order chi connectivity index (χ0) is 29.3. The van der Waals surface area contributed by atoms with Crippen LogP contribution in [0.5, 0.6) is 0 Å². The summed E-state index contributed by atoms with van der Waals surface area (Å²) in [5.74, 6) is -0.347. The maximum absolute atomic E-state index is 13.1. The Bertz CT molecular complexity index is 1610. The highest BCUT2D eigenvalue weighted by Crippen LogP contribution is 2.33. The van der Waals surface area contributed by atoms with Crippen LogP contribution in [0.25, 0.3) is 11.2 Å². The molecule has 4 aromatic rings. The van der Waals surface area contributed by atoms with Gasteiger partial charge in [-0.05, 0) is 31.5 Å². The number of non-ortho nitro benzene ring substituents is 1. The second kappa shape index (κ2) is 11.4. The average Bonchev–Trinajstić information content (AvgIpc) is 3.54. The first-order valence-electron chi connectivity index (χ1n) is 12.7. The number of fused-ring (bicyclic) bond motifs is 1. The summed E-state index contributed by atoms with van der Waals surface area (Å²) in [4.78, 5) is 48.5. The number of amides is 1. The summed E-state index contributed by atoms with van der Waals surface area (Å²) in [5, 5.41) is 37.7. The summed E-state index contributed by atoms with van der Waals surface area (Å²) < 4.78 is 7.46. The van der Waals surface area contributed by atoms with Gasteiger partial charge in [-0.2, -0.15) is 0 Å². The topological polar surface area (TPSA) is 195 Å². The van der Waals surface area contributed by atoms with Crippen LogP contribution in [0.3, 0.4) is 0 Å². The third-order valence-electron chi connectivity index (χ3n) is 6.97. The largest absolute Gasteiger partial charge is 0.394 e. The number of aromatic nitrogens is 4. The molecule has 5 rings (SSSR count). The molecule has 1 fully saturated rings. The Morgan fingerprint density at radius 2 is 1.88 bits per heavy atom. The minimum Gasteiger partial charge on any atom is -0.394 e. The number of nitro groups is 1. The molecule has 1 saturated heterocycles. The number of hydrogen-bond acceptors (Lipinski definition) is 11. The van der Waals surface area contributed by atoms with Crippen LogP contribution in [-0.2, 0) is 4.74 Å². The molecule has 0 aliphatic carbocycles. The van der Waals surface area contributed by atoms with Crippen molar-refractivity contribution in [1.82, 2.24) is 24.8 Å². The Morgan fingerprint density at radius 1 is 1.15 bits per heavy atom. The minimum atomic E-state index is -1.26. The van der Waals surface area contributed by atoms with Crippen LogP contribution in [0.1, 0.15) is 52.4 Å². The molecule has 4 N–H and O–H groups in total. The number of anilines is 1. The number of carbonyl (C=O) groups excluding carboxylic acids is 2. The van der Waals surface area contributed by atoms with E-state index in [0.717, 1.165) is 5.56 Å². The fourth-order valence-corrected chi connectivity index (χ4v) is 4.72. The number of Topliss-reactive ketones (excluding diaryl/α,β-unsaturated/α-hetero) is 1. The zero-order valence-electron chi connectivity index (χ0n) is 22.0. The van der Waals surface area contributed by atoms with Crippen LogP contribution >= 0.6 is 0 Å². The third-order valence-corrected chi connectivity index (χ3v) is 6.97. The highest BCUT2D eigenvalue weighted by Gasteiger charge is 2.46. The average molecular weight is 562 g/mol. The number of carbonyl (C=O) groups is 2. The van der Waals surface area contributed by atoms with E-state index in [4.69, 9.17) is 4.74 Å². The summed E-state index contributed by atoms with van der Waals surface area (Å²) >= 11 is 0. The molecule has 1 aliphatic heterocycles. The van der Waals surface area contributed by atoms with Crippen LogP contribution in [0.4, 0.5) is 11.5 Å². The summed E-state index contributed by atoms with van der Waals surface area (Å²) in [6, 6.07) is 11.0. The second-order valence-corrected chi connectivity index (χ2v) is 9.64. The van der Waals surface area contributed by atoms with E-state index in [2.05, 4.69) is 25.6 Å². The van der Waals surface area contributed by atoms with Gasteiger partial charge in [-0.15, -0.1) is 0 Å². The van der Waals surface area contributed by atoms with E-state index < -0.39 is 41.9 Å². The fraction of sp³-hybridized carbons (Fsp3) is 0.296. The van der Waals surface area contributed by atoms with Gasteiger partial charge in [0.05, 0.1) is 23.9 Å². The summed E-state index contributed by atoms with van der Waals surface area (Å²) in [6.45, 7) is 2.77. The fourth-order valence-electron chi connectivity index (χ4n) is 4.72. The van der Waals surface area contributed by atoms with Crippen molar-refractivity contribution < 1.29 is 29.5 Å². The van der Waals surface area contributed by atoms with E-state index in [9.17, 15) is 29.9 Å². The molecule has 2 aromatic heterocycles. The van der Waals surface area contributed by atoms with E-state index in [1.807, 2.05) is 6.92 Å². The number of benzene rings is 2. The van der Waals surface area contributed by atoms with Gasteiger partial charge in [-0.25, -0.2) is 15.0 Å². The maximum atomic E-state index is 13.1. The first kappa shape index (κ1) is 27.8. The molecule has 0 unspecified atom stereocenters. The molecule has 0 saturated carbocycles. The lowest BCUT2D eigenvalue weighted by atomic mass is 10.1. The molecule has 41 heavy (non-hydrogen) atoms. The Balaban J connectivity index is 1.42. The number of rotatable bonds is 9. The molecule has 0 spiro atoms. The quantitative estimate of drug-likeness (QED) is 0.133. The van der Waals surface area contributed by atoms with Crippen molar-refractivity contribution in [2.24, 2.45) is 0 Å². The number of nitrogens with one attached hydrogen (secondary N) is 2. The van der Waals surface area contributed by atoms with E-state index in [1.165, 1.54) is 42.3 Å².